The molecule has 0 saturated carbocycles. The number of aryl methyl sites for hydroxylation is 1. The van der Waals surface area contributed by atoms with Gasteiger partial charge in [-0.1, -0.05) is 58.9 Å². The number of aromatic nitrogens is 2. The molecule has 1 unspecified atom stereocenters. The van der Waals surface area contributed by atoms with Crippen LogP contribution in [0, 0.1) is 0 Å². The van der Waals surface area contributed by atoms with E-state index in [2.05, 4.69) is 56.4 Å². The lowest BCUT2D eigenvalue weighted by molar-refractivity contribution is 0.724. The van der Waals surface area contributed by atoms with Crippen LogP contribution in [0.25, 0.3) is 22.3 Å². The van der Waals surface area contributed by atoms with E-state index in [4.69, 9.17) is 4.98 Å². The smallest absolute Gasteiger partial charge is 0.258 e. The van der Waals surface area contributed by atoms with Gasteiger partial charge in [0, 0.05) is 18.8 Å². The van der Waals surface area contributed by atoms with Crippen molar-refractivity contribution in [3.63, 3.8) is 0 Å². The van der Waals surface area contributed by atoms with Crippen LogP contribution in [0.5, 0.6) is 0 Å². The molecule has 2 aromatic heterocycles. The summed E-state index contributed by atoms with van der Waals surface area (Å²) in [5, 5.41) is 3.30. The van der Waals surface area contributed by atoms with Gasteiger partial charge in [0.15, 0.2) is 0 Å². The van der Waals surface area contributed by atoms with Crippen LogP contribution >= 0.6 is 0 Å². The molecule has 0 bridgehead atoms. The van der Waals surface area contributed by atoms with Crippen molar-refractivity contribution in [2.24, 2.45) is 0 Å². The van der Waals surface area contributed by atoms with Crippen molar-refractivity contribution in [3.8, 4) is 11.1 Å². The van der Waals surface area contributed by atoms with E-state index in [9.17, 15) is 4.79 Å². The quantitative estimate of drug-likeness (QED) is 0.567. The highest BCUT2D eigenvalue weighted by atomic mass is 16.1. The predicted octanol–water partition coefficient (Wildman–Crippen LogP) is 5.84. The molecule has 4 heteroatoms. The van der Waals surface area contributed by atoms with E-state index < -0.39 is 0 Å². The molecule has 0 fully saturated rings. The van der Waals surface area contributed by atoms with E-state index >= 15 is 0 Å². The maximum absolute atomic E-state index is 12.8. The second kappa shape index (κ2) is 10.5. The molecule has 3 heterocycles. The van der Waals surface area contributed by atoms with Crippen LogP contribution in [0.2, 0.25) is 0 Å². The van der Waals surface area contributed by atoms with Gasteiger partial charge in [-0.15, -0.1) is 0 Å². The first-order chi connectivity index (χ1) is 15.1. The Balaban J connectivity index is 0.00000132. The Morgan fingerprint density at radius 1 is 1.10 bits per heavy atom. The van der Waals surface area contributed by atoms with Crippen molar-refractivity contribution >= 4 is 11.2 Å². The summed E-state index contributed by atoms with van der Waals surface area (Å²) in [5.74, 6) is 0.524. The Labute approximate surface area is 186 Å². The van der Waals surface area contributed by atoms with Crippen LogP contribution in [0.4, 0.5) is 0 Å². The zero-order valence-corrected chi connectivity index (χ0v) is 19.5. The molecule has 1 aromatic carbocycles. The molecule has 4 nitrogen and oxygen atoms in total. The van der Waals surface area contributed by atoms with Gasteiger partial charge >= 0.3 is 0 Å². The van der Waals surface area contributed by atoms with Crippen LogP contribution in [0.3, 0.4) is 0 Å². The molecule has 4 rings (SSSR count). The highest BCUT2D eigenvalue weighted by molar-refractivity contribution is 5.68. The highest BCUT2D eigenvalue weighted by Gasteiger charge is 2.13. The van der Waals surface area contributed by atoms with Crippen LogP contribution in [-0.2, 0) is 6.42 Å². The fourth-order valence-electron chi connectivity index (χ4n) is 4.07. The van der Waals surface area contributed by atoms with E-state index in [1.165, 1.54) is 11.1 Å². The third-order valence-corrected chi connectivity index (χ3v) is 6.06. The first-order valence-corrected chi connectivity index (χ1v) is 11.7. The Bertz CT molecular complexity index is 1130. The monoisotopic (exact) mass is 417 g/mol. The summed E-state index contributed by atoms with van der Waals surface area (Å²) in [6.07, 6.45) is 7.11. The van der Waals surface area contributed by atoms with Gasteiger partial charge in [0.05, 0.1) is 5.69 Å². The lowest BCUT2D eigenvalue weighted by Crippen LogP contribution is -2.22. The Kier molecular flexibility index (Phi) is 7.80. The number of nitrogens with one attached hydrogen (secondary N) is 1. The second-order valence-electron chi connectivity index (χ2n) is 7.89. The van der Waals surface area contributed by atoms with Crippen molar-refractivity contribution in [2.75, 3.05) is 13.1 Å². The van der Waals surface area contributed by atoms with Gasteiger partial charge < -0.3 is 5.32 Å². The van der Waals surface area contributed by atoms with E-state index in [0.29, 0.717) is 11.6 Å². The van der Waals surface area contributed by atoms with Crippen molar-refractivity contribution in [1.82, 2.24) is 14.7 Å². The van der Waals surface area contributed by atoms with Crippen molar-refractivity contribution in [1.29, 1.82) is 0 Å². The number of benzene rings is 1. The summed E-state index contributed by atoms with van der Waals surface area (Å²) in [5.41, 5.74) is 7.63. The molecule has 1 N–H and O–H groups in total. The van der Waals surface area contributed by atoms with Crippen molar-refractivity contribution in [3.05, 3.63) is 75.8 Å². The maximum atomic E-state index is 12.8. The van der Waals surface area contributed by atoms with E-state index in [0.717, 1.165) is 54.7 Å². The lowest BCUT2D eigenvalue weighted by atomic mass is 9.89. The largest absolute Gasteiger partial charge is 0.313 e. The summed E-state index contributed by atoms with van der Waals surface area (Å²) in [6, 6.07) is 12.4. The summed E-state index contributed by atoms with van der Waals surface area (Å²) in [4.78, 5) is 17.6. The molecule has 0 aliphatic carbocycles. The first kappa shape index (κ1) is 23.0. The summed E-state index contributed by atoms with van der Waals surface area (Å²) in [7, 11) is 0. The van der Waals surface area contributed by atoms with Gasteiger partial charge in [0.1, 0.15) is 5.65 Å². The van der Waals surface area contributed by atoms with E-state index in [1.807, 2.05) is 26.1 Å². The average molecular weight is 418 g/mol. The van der Waals surface area contributed by atoms with Crippen LogP contribution in [0.1, 0.15) is 70.2 Å². The molecule has 3 aromatic rings. The number of rotatable bonds is 5. The lowest BCUT2D eigenvalue weighted by Gasteiger charge is -2.16. The summed E-state index contributed by atoms with van der Waals surface area (Å²) < 4.78 is 1.66. The van der Waals surface area contributed by atoms with Gasteiger partial charge in [-0.2, -0.15) is 0 Å². The minimum Gasteiger partial charge on any atom is -0.313 e. The molecular weight excluding hydrogens is 382 g/mol. The first-order valence-electron chi connectivity index (χ1n) is 11.7. The fourth-order valence-corrected chi connectivity index (χ4v) is 4.07. The molecule has 31 heavy (non-hydrogen) atoms. The van der Waals surface area contributed by atoms with Crippen LogP contribution in [-0.4, -0.2) is 22.5 Å². The van der Waals surface area contributed by atoms with Gasteiger partial charge in [0.25, 0.3) is 5.56 Å². The van der Waals surface area contributed by atoms with Crippen molar-refractivity contribution in [2.45, 2.75) is 59.8 Å². The molecule has 0 amide bonds. The van der Waals surface area contributed by atoms with Crippen LogP contribution < -0.4 is 10.9 Å². The minimum atomic E-state index is -0.0291. The van der Waals surface area contributed by atoms with E-state index in [-0.39, 0.29) is 5.56 Å². The van der Waals surface area contributed by atoms with Crippen LogP contribution in [0.15, 0.2) is 53.5 Å². The molecule has 0 saturated heterocycles. The molecular formula is C27H35N3O. The minimum absolute atomic E-state index is 0.0291. The normalized spacial score (nSPS) is 14.5. The number of fused-ring (bicyclic) bond motifs is 1. The van der Waals surface area contributed by atoms with E-state index in [1.54, 1.807) is 10.5 Å². The Morgan fingerprint density at radius 2 is 1.87 bits per heavy atom. The third-order valence-electron chi connectivity index (χ3n) is 6.06. The average Bonchev–Trinajstić information content (AvgIpc) is 2.84. The van der Waals surface area contributed by atoms with Gasteiger partial charge in [-0.25, -0.2) is 4.98 Å². The van der Waals surface area contributed by atoms with Gasteiger partial charge in [-0.05, 0) is 71.7 Å². The molecule has 1 aliphatic heterocycles. The SMILES string of the molecule is CC.CCc1ccc(-c2ccc3nc(C4=CCNCC4)cc(=O)n3c2)cc1C(C)CC. The highest BCUT2D eigenvalue weighted by Crippen LogP contribution is 2.29. The maximum Gasteiger partial charge on any atom is 0.258 e. The number of nitrogens with zero attached hydrogens (tertiary/aromatic N) is 2. The predicted molar refractivity (Wildman–Crippen MR) is 132 cm³/mol. The molecule has 0 spiro atoms. The summed E-state index contributed by atoms with van der Waals surface area (Å²) in [6.45, 7) is 12.5. The Morgan fingerprint density at radius 3 is 2.55 bits per heavy atom. The molecule has 164 valence electrons. The van der Waals surface area contributed by atoms with Crippen molar-refractivity contribution < 1.29 is 0 Å². The standard InChI is InChI=1S/C25H29N3O.C2H6/c1-4-17(3)22-14-20(7-6-18(22)5-2)21-8-9-24-27-23(15-25(29)28(24)16-21)19-10-12-26-13-11-19;1-2/h6-10,14-17,26H,4-5,11-13H2,1-3H3;1-2H3. The number of hydrogen-bond donors (Lipinski definition) is 1. The Hall–Kier alpha value is -2.72. The third kappa shape index (κ3) is 4.96. The molecule has 1 aliphatic rings. The van der Waals surface area contributed by atoms with Gasteiger partial charge in [0.2, 0.25) is 0 Å². The number of pyridine rings is 1. The summed E-state index contributed by atoms with van der Waals surface area (Å²) >= 11 is 0. The van der Waals surface area contributed by atoms with Gasteiger partial charge in [-0.3, -0.25) is 9.20 Å². The molecule has 0 radical (unpaired) electrons. The zero-order chi connectivity index (χ0) is 22.4. The topological polar surface area (TPSA) is 46.4 Å². The second-order valence-corrected chi connectivity index (χ2v) is 7.89. The fraction of sp³-hybridized carbons (Fsp3) is 0.407. The number of hydrogen-bond acceptors (Lipinski definition) is 3. The zero-order valence-electron chi connectivity index (χ0n) is 19.5. The molecule has 1 atom stereocenters.